The fourth-order valence-electron chi connectivity index (χ4n) is 2.64. The molecule has 0 saturated heterocycles. The summed E-state index contributed by atoms with van der Waals surface area (Å²) in [6, 6.07) is 8.90. The standard InChI is InChI=1S/C19H18F3N3O3S/c1-3-12-4-6-13(7-5-12)14-8-16(28-25-14)24-15(26)9-18(27,19(20,21)22)17-23-11(2)10-29-17/h4-8,10,27H,3,9H2,1-2H3,(H,24,26). The van der Waals surface area contributed by atoms with Gasteiger partial charge in [-0.25, -0.2) is 4.98 Å². The molecule has 2 N–H and O–H groups in total. The minimum Gasteiger partial charge on any atom is -0.374 e. The van der Waals surface area contributed by atoms with E-state index in [9.17, 15) is 23.1 Å². The van der Waals surface area contributed by atoms with Crippen LogP contribution in [0, 0.1) is 6.92 Å². The molecule has 29 heavy (non-hydrogen) atoms. The van der Waals surface area contributed by atoms with E-state index in [1.165, 1.54) is 18.4 Å². The first kappa shape index (κ1) is 21.0. The maximum Gasteiger partial charge on any atom is 0.424 e. The van der Waals surface area contributed by atoms with E-state index in [4.69, 9.17) is 4.52 Å². The molecule has 0 spiro atoms. The van der Waals surface area contributed by atoms with Crippen molar-refractivity contribution in [3.63, 3.8) is 0 Å². The molecule has 2 heterocycles. The van der Waals surface area contributed by atoms with Crippen molar-refractivity contribution in [2.24, 2.45) is 0 Å². The molecule has 1 amide bonds. The van der Waals surface area contributed by atoms with Crippen molar-refractivity contribution in [2.75, 3.05) is 5.32 Å². The summed E-state index contributed by atoms with van der Waals surface area (Å²) in [5.41, 5.74) is -0.785. The Hall–Kier alpha value is -2.72. The van der Waals surface area contributed by atoms with Crippen molar-refractivity contribution in [3.8, 4) is 11.3 Å². The summed E-state index contributed by atoms with van der Waals surface area (Å²) in [7, 11) is 0. The number of halogens is 3. The fraction of sp³-hybridized carbons (Fsp3) is 0.316. The summed E-state index contributed by atoms with van der Waals surface area (Å²) in [5.74, 6) is -1.20. The summed E-state index contributed by atoms with van der Waals surface area (Å²) in [6.45, 7) is 3.52. The molecule has 1 aromatic carbocycles. The number of thiazole rings is 1. The molecule has 0 aliphatic rings. The van der Waals surface area contributed by atoms with Gasteiger partial charge in [-0.1, -0.05) is 36.3 Å². The van der Waals surface area contributed by atoms with E-state index in [-0.39, 0.29) is 5.88 Å². The van der Waals surface area contributed by atoms with E-state index in [1.54, 1.807) is 0 Å². The van der Waals surface area contributed by atoms with E-state index in [1.807, 2.05) is 31.2 Å². The maximum absolute atomic E-state index is 13.5. The molecule has 0 aliphatic heterocycles. The zero-order chi connectivity index (χ0) is 21.2. The Morgan fingerprint density at radius 1 is 1.28 bits per heavy atom. The minimum atomic E-state index is -5.08. The zero-order valence-corrected chi connectivity index (χ0v) is 16.4. The summed E-state index contributed by atoms with van der Waals surface area (Å²) in [6.07, 6.45) is -5.46. The number of hydrogen-bond acceptors (Lipinski definition) is 6. The quantitative estimate of drug-likeness (QED) is 0.609. The lowest BCUT2D eigenvalue weighted by atomic mass is 9.99. The Morgan fingerprint density at radius 3 is 2.52 bits per heavy atom. The molecule has 1 atom stereocenters. The maximum atomic E-state index is 13.5. The smallest absolute Gasteiger partial charge is 0.374 e. The van der Waals surface area contributed by atoms with Gasteiger partial charge in [0.15, 0.2) is 0 Å². The number of nitrogens with one attached hydrogen (secondary N) is 1. The number of hydrogen-bond donors (Lipinski definition) is 2. The largest absolute Gasteiger partial charge is 0.424 e. The second-order valence-electron chi connectivity index (χ2n) is 6.50. The highest BCUT2D eigenvalue weighted by molar-refractivity contribution is 7.09. The molecule has 3 aromatic rings. The highest BCUT2D eigenvalue weighted by Crippen LogP contribution is 2.43. The normalized spacial score (nSPS) is 13.9. The van der Waals surface area contributed by atoms with Crippen molar-refractivity contribution in [3.05, 3.63) is 52.0 Å². The van der Waals surface area contributed by atoms with Crippen LogP contribution in [0.1, 0.15) is 29.6 Å². The molecule has 6 nitrogen and oxygen atoms in total. The lowest BCUT2D eigenvalue weighted by Crippen LogP contribution is -2.45. The number of carbonyl (C=O) groups excluding carboxylic acids is 1. The van der Waals surface area contributed by atoms with Crippen LogP contribution >= 0.6 is 11.3 Å². The minimum absolute atomic E-state index is 0.121. The third kappa shape index (κ3) is 4.48. The molecule has 1 unspecified atom stereocenters. The molecule has 10 heteroatoms. The molecule has 3 rings (SSSR count). The summed E-state index contributed by atoms with van der Waals surface area (Å²) >= 11 is 0.639. The van der Waals surface area contributed by atoms with Gasteiger partial charge in [0.05, 0.1) is 6.42 Å². The second-order valence-corrected chi connectivity index (χ2v) is 7.36. The molecule has 0 radical (unpaired) electrons. The Balaban J connectivity index is 1.75. The van der Waals surface area contributed by atoms with Crippen LogP contribution in [-0.2, 0) is 16.8 Å². The molecular formula is C19H18F3N3O3S. The number of rotatable bonds is 6. The number of carbonyl (C=O) groups is 1. The molecule has 0 aliphatic carbocycles. The molecule has 154 valence electrons. The van der Waals surface area contributed by atoms with Gasteiger partial charge in [0, 0.05) is 22.7 Å². The molecule has 0 saturated carbocycles. The van der Waals surface area contributed by atoms with Gasteiger partial charge in [-0.15, -0.1) is 11.3 Å². The fourth-order valence-corrected chi connectivity index (χ4v) is 3.55. The van der Waals surface area contributed by atoms with Crippen LogP contribution in [0.3, 0.4) is 0 Å². The van der Waals surface area contributed by atoms with Crippen molar-refractivity contribution in [2.45, 2.75) is 38.5 Å². The van der Waals surface area contributed by atoms with Crippen molar-refractivity contribution in [1.82, 2.24) is 10.1 Å². The van der Waals surface area contributed by atoms with Crippen LogP contribution in [0.4, 0.5) is 19.1 Å². The second kappa shape index (κ2) is 7.96. The molecule has 2 aromatic heterocycles. The zero-order valence-electron chi connectivity index (χ0n) is 15.6. The first-order valence-electron chi connectivity index (χ1n) is 8.70. The number of aromatic nitrogens is 2. The SMILES string of the molecule is CCc1ccc(-c2cc(NC(=O)CC(O)(c3nc(C)cs3)C(F)(F)F)on2)cc1. The number of alkyl halides is 3. The van der Waals surface area contributed by atoms with Crippen LogP contribution in [0.15, 0.2) is 40.2 Å². The monoisotopic (exact) mass is 425 g/mol. The Labute approximate surface area is 168 Å². The third-order valence-electron chi connectivity index (χ3n) is 4.29. The Kier molecular flexibility index (Phi) is 5.76. The van der Waals surface area contributed by atoms with Crippen molar-refractivity contribution in [1.29, 1.82) is 0 Å². The van der Waals surface area contributed by atoms with Gasteiger partial charge in [0.1, 0.15) is 10.7 Å². The van der Waals surface area contributed by atoms with Gasteiger partial charge >= 0.3 is 6.18 Å². The van der Waals surface area contributed by atoms with Gasteiger partial charge < -0.3 is 9.63 Å². The Morgan fingerprint density at radius 2 is 1.97 bits per heavy atom. The van der Waals surface area contributed by atoms with Crippen LogP contribution < -0.4 is 5.32 Å². The van der Waals surface area contributed by atoms with Crippen LogP contribution in [0.2, 0.25) is 0 Å². The first-order valence-corrected chi connectivity index (χ1v) is 9.58. The average molecular weight is 425 g/mol. The number of nitrogens with zero attached hydrogens (tertiary/aromatic N) is 2. The molecule has 0 fully saturated rings. The van der Waals surface area contributed by atoms with E-state index < -0.39 is 29.1 Å². The average Bonchev–Trinajstić information content (AvgIpc) is 3.30. The highest BCUT2D eigenvalue weighted by Gasteiger charge is 2.58. The van der Waals surface area contributed by atoms with E-state index in [2.05, 4.69) is 15.5 Å². The van der Waals surface area contributed by atoms with Crippen LogP contribution in [0.25, 0.3) is 11.3 Å². The van der Waals surface area contributed by atoms with Gasteiger partial charge in [-0.05, 0) is 18.9 Å². The van der Waals surface area contributed by atoms with Gasteiger partial charge in [0.2, 0.25) is 17.4 Å². The Bertz CT molecular complexity index is 998. The lowest BCUT2D eigenvalue weighted by molar-refractivity contribution is -0.266. The molecular weight excluding hydrogens is 407 g/mol. The number of aryl methyl sites for hydroxylation is 2. The molecule has 0 bridgehead atoms. The number of aliphatic hydroxyl groups is 1. The lowest BCUT2D eigenvalue weighted by Gasteiger charge is -2.27. The number of anilines is 1. The van der Waals surface area contributed by atoms with Gasteiger partial charge in [-0.2, -0.15) is 13.2 Å². The summed E-state index contributed by atoms with van der Waals surface area (Å²) in [5, 5.41) is 17.0. The van der Waals surface area contributed by atoms with Crippen LogP contribution in [-0.4, -0.2) is 27.3 Å². The topological polar surface area (TPSA) is 88.2 Å². The van der Waals surface area contributed by atoms with Crippen molar-refractivity contribution >= 4 is 23.1 Å². The van der Waals surface area contributed by atoms with Crippen molar-refractivity contribution < 1.29 is 27.6 Å². The van der Waals surface area contributed by atoms with Gasteiger partial charge in [-0.3, -0.25) is 10.1 Å². The third-order valence-corrected chi connectivity index (χ3v) is 5.40. The number of benzene rings is 1. The predicted octanol–water partition coefficient (Wildman–Crippen LogP) is 4.45. The first-order chi connectivity index (χ1) is 13.6. The van der Waals surface area contributed by atoms with Crippen LogP contribution in [0.5, 0.6) is 0 Å². The highest BCUT2D eigenvalue weighted by atomic mass is 32.1. The van der Waals surface area contributed by atoms with E-state index >= 15 is 0 Å². The predicted molar refractivity (Wildman–Crippen MR) is 101 cm³/mol. The number of amides is 1. The summed E-state index contributed by atoms with van der Waals surface area (Å²) in [4.78, 5) is 15.9. The van der Waals surface area contributed by atoms with Gasteiger partial charge in [0.25, 0.3) is 0 Å². The summed E-state index contributed by atoms with van der Waals surface area (Å²) < 4.78 is 45.5. The van der Waals surface area contributed by atoms with E-state index in [0.29, 0.717) is 22.7 Å². The van der Waals surface area contributed by atoms with E-state index in [0.717, 1.165) is 17.5 Å².